The molecule has 1 N–H and O–H groups in total. The quantitative estimate of drug-likeness (QED) is 0.672. The summed E-state index contributed by atoms with van der Waals surface area (Å²) in [6, 6.07) is 3.48. The topological polar surface area (TPSA) is 12.0 Å². The fourth-order valence-corrected chi connectivity index (χ4v) is 2.43. The SMILES string of the molecule is CCCC(C)NCc1cccc(S(F)(F)(F)(F)F)c1. The lowest BCUT2D eigenvalue weighted by molar-refractivity contribution is 0.363. The fourth-order valence-electron chi connectivity index (χ4n) is 1.72. The zero-order valence-corrected chi connectivity index (χ0v) is 11.6. The van der Waals surface area contributed by atoms with Crippen molar-refractivity contribution in [2.75, 3.05) is 0 Å². The maximum atomic E-state index is 12.6. The van der Waals surface area contributed by atoms with Crippen LogP contribution in [-0.2, 0) is 6.54 Å². The third kappa shape index (κ3) is 5.36. The third-order valence-electron chi connectivity index (χ3n) is 2.72. The third-order valence-corrected chi connectivity index (χ3v) is 3.87. The van der Waals surface area contributed by atoms with Crippen LogP contribution in [0.1, 0.15) is 32.3 Å². The van der Waals surface area contributed by atoms with Crippen LogP contribution in [0.5, 0.6) is 0 Å². The fraction of sp³-hybridized carbons (Fsp3) is 0.500. The highest BCUT2D eigenvalue weighted by molar-refractivity contribution is 8.45. The Kier molecular flexibility index (Phi) is 3.95. The number of rotatable bonds is 6. The van der Waals surface area contributed by atoms with Gasteiger partial charge in [-0.05, 0) is 31.0 Å². The molecule has 0 aliphatic rings. The van der Waals surface area contributed by atoms with Crippen molar-refractivity contribution >= 4 is 10.2 Å². The Labute approximate surface area is 109 Å². The molecular weight excluding hydrogens is 285 g/mol. The average Bonchev–Trinajstić information content (AvgIpc) is 2.24. The van der Waals surface area contributed by atoms with Gasteiger partial charge in [-0.25, -0.2) is 0 Å². The molecule has 1 rings (SSSR count). The van der Waals surface area contributed by atoms with Crippen LogP contribution in [-0.4, -0.2) is 6.04 Å². The van der Waals surface area contributed by atoms with Crippen LogP contribution in [0.15, 0.2) is 29.2 Å². The van der Waals surface area contributed by atoms with Crippen molar-refractivity contribution in [3.63, 3.8) is 0 Å². The molecule has 0 bridgehead atoms. The normalized spacial score (nSPS) is 17.6. The van der Waals surface area contributed by atoms with E-state index in [1.807, 2.05) is 13.8 Å². The average molecular weight is 303 g/mol. The molecular formula is C12H18F5NS. The molecule has 1 aromatic rings. The Bertz CT molecular complexity index is 442. The molecule has 1 aromatic carbocycles. The molecule has 0 aliphatic heterocycles. The van der Waals surface area contributed by atoms with Crippen LogP contribution in [0.4, 0.5) is 19.4 Å². The maximum Gasteiger partial charge on any atom is 0.310 e. The van der Waals surface area contributed by atoms with Gasteiger partial charge in [0.05, 0.1) is 0 Å². The first kappa shape index (κ1) is 16.2. The number of hydrogen-bond donors (Lipinski definition) is 1. The Morgan fingerprint density at radius 2 is 1.79 bits per heavy atom. The monoisotopic (exact) mass is 303 g/mol. The van der Waals surface area contributed by atoms with Crippen LogP contribution in [0.25, 0.3) is 0 Å². The van der Waals surface area contributed by atoms with E-state index >= 15 is 0 Å². The summed E-state index contributed by atoms with van der Waals surface area (Å²) in [5, 5.41) is 3.00. The van der Waals surface area contributed by atoms with Gasteiger partial charge in [0.2, 0.25) is 0 Å². The zero-order valence-electron chi connectivity index (χ0n) is 10.8. The van der Waals surface area contributed by atoms with E-state index in [0.717, 1.165) is 18.9 Å². The summed E-state index contributed by atoms with van der Waals surface area (Å²) in [4.78, 5) is -1.83. The van der Waals surface area contributed by atoms with E-state index in [1.165, 1.54) is 6.07 Å². The maximum absolute atomic E-state index is 12.6. The van der Waals surface area contributed by atoms with Crippen LogP contribution in [0, 0.1) is 0 Å². The summed E-state index contributed by atoms with van der Waals surface area (Å²) in [5.41, 5.74) is 0.203. The summed E-state index contributed by atoms with van der Waals surface area (Å²) in [6.07, 6.45) is 1.82. The Morgan fingerprint density at radius 1 is 1.16 bits per heavy atom. The molecule has 0 fully saturated rings. The van der Waals surface area contributed by atoms with Crippen molar-refractivity contribution in [2.24, 2.45) is 0 Å². The van der Waals surface area contributed by atoms with E-state index in [2.05, 4.69) is 5.32 Å². The minimum atomic E-state index is -9.57. The molecule has 1 atom stereocenters. The van der Waals surface area contributed by atoms with Gasteiger partial charge in [0.25, 0.3) is 0 Å². The van der Waals surface area contributed by atoms with Crippen molar-refractivity contribution in [1.82, 2.24) is 5.32 Å². The molecule has 0 aromatic heterocycles. The lowest BCUT2D eigenvalue weighted by atomic mass is 10.1. The van der Waals surface area contributed by atoms with Gasteiger partial charge in [0.15, 0.2) is 0 Å². The van der Waals surface area contributed by atoms with Crippen LogP contribution < -0.4 is 5.32 Å². The van der Waals surface area contributed by atoms with Crippen LogP contribution >= 0.6 is 10.2 Å². The second-order valence-electron chi connectivity index (χ2n) is 4.69. The molecule has 1 unspecified atom stereocenters. The highest BCUT2D eigenvalue weighted by atomic mass is 32.5. The van der Waals surface area contributed by atoms with E-state index in [4.69, 9.17) is 0 Å². The predicted molar refractivity (Wildman–Crippen MR) is 69.0 cm³/mol. The van der Waals surface area contributed by atoms with Crippen molar-refractivity contribution in [2.45, 2.75) is 44.2 Å². The molecule has 112 valence electrons. The number of halogens is 5. The highest BCUT2D eigenvalue weighted by Gasteiger charge is 2.65. The lowest BCUT2D eigenvalue weighted by Crippen LogP contribution is -2.25. The van der Waals surface area contributed by atoms with Crippen LogP contribution in [0.3, 0.4) is 0 Å². The number of hydrogen-bond acceptors (Lipinski definition) is 1. The molecule has 1 nitrogen and oxygen atoms in total. The molecule has 0 aliphatic carbocycles. The van der Waals surface area contributed by atoms with Gasteiger partial charge in [-0.3, -0.25) is 0 Å². The molecule has 7 heteroatoms. The van der Waals surface area contributed by atoms with E-state index in [9.17, 15) is 19.4 Å². The molecule has 0 amide bonds. The largest absolute Gasteiger partial charge is 0.310 e. The van der Waals surface area contributed by atoms with E-state index in [-0.39, 0.29) is 18.2 Å². The summed E-state index contributed by atoms with van der Waals surface area (Å²) < 4.78 is 63.1. The van der Waals surface area contributed by atoms with Crippen molar-refractivity contribution in [3.8, 4) is 0 Å². The summed E-state index contributed by atoms with van der Waals surface area (Å²) in [6.45, 7) is 4.04. The first-order valence-electron chi connectivity index (χ1n) is 5.99. The smallest absolute Gasteiger partial charge is 0.310 e. The summed E-state index contributed by atoms with van der Waals surface area (Å²) >= 11 is 0. The Morgan fingerprint density at radius 3 is 2.32 bits per heavy atom. The zero-order chi connectivity index (χ0) is 14.8. The number of benzene rings is 1. The molecule has 0 saturated heterocycles. The van der Waals surface area contributed by atoms with Gasteiger partial charge in [0, 0.05) is 12.6 Å². The standard InChI is InChI=1S/C12H18F5NS/c1-3-5-10(2)18-9-11-6-4-7-12(8-11)19(13,14,15,16)17/h4,6-8,10,18H,3,5,9H2,1-2H3. The van der Waals surface area contributed by atoms with Crippen LogP contribution in [0.2, 0.25) is 0 Å². The Hall–Kier alpha value is -0.820. The van der Waals surface area contributed by atoms with E-state index in [1.54, 1.807) is 0 Å². The number of nitrogens with one attached hydrogen (secondary N) is 1. The van der Waals surface area contributed by atoms with Crippen molar-refractivity contribution < 1.29 is 19.4 Å². The summed E-state index contributed by atoms with van der Waals surface area (Å²) in [5.74, 6) is 0. The molecule has 0 saturated carbocycles. The van der Waals surface area contributed by atoms with Gasteiger partial charge < -0.3 is 5.32 Å². The van der Waals surface area contributed by atoms with E-state index in [0.29, 0.717) is 12.1 Å². The predicted octanol–water partition coefficient (Wildman–Crippen LogP) is 5.62. The van der Waals surface area contributed by atoms with E-state index < -0.39 is 15.1 Å². The van der Waals surface area contributed by atoms with Gasteiger partial charge in [-0.1, -0.05) is 44.9 Å². The molecule has 0 spiro atoms. The van der Waals surface area contributed by atoms with Crippen molar-refractivity contribution in [3.05, 3.63) is 29.8 Å². The minimum absolute atomic E-state index is 0.133. The van der Waals surface area contributed by atoms with Gasteiger partial charge >= 0.3 is 10.2 Å². The lowest BCUT2D eigenvalue weighted by Gasteiger charge is -2.40. The second-order valence-corrected chi connectivity index (χ2v) is 7.10. The molecule has 0 heterocycles. The first-order chi connectivity index (χ1) is 8.42. The highest BCUT2D eigenvalue weighted by Crippen LogP contribution is 3.02. The molecule has 19 heavy (non-hydrogen) atoms. The Balaban J connectivity index is 2.86. The first-order valence-corrected chi connectivity index (χ1v) is 7.94. The van der Waals surface area contributed by atoms with Gasteiger partial charge in [0.1, 0.15) is 4.90 Å². The van der Waals surface area contributed by atoms with Gasteiger partial charge in [-0.2, -0.15) is 0 Å². The molecule has 0 radical (unpaired) electrons. The van der Waals surface area contributed by atoms with Crippen molar-refractivity contribution in [1.29, 1.82) is 0 Å². The summed E-state index contributed by atoms with van der Waals surface area (Å²) in [7, 11) is -9.57. The minimum Gasteiger partial charge on any atom is -0.310 e. The van der Waals surface area contributed by atoms with Gasteiger partial charge in [-0.15, -0.1) is 0 Å². The second kappa shape index (κ2) is 4.63.